The van der Waals surface area contributed by atoms with Gasteiger partial charge in [-0.2, -0.15) is 0 Å². The molecule has 0 aliphatic heterocycles. The molecule has 1 aromatic carbocycles. The highest BCUT2D eigenvalue weighted by molar-refractivity contribution is 6.30. The van der Waals surface area contributed by atoms with Crippen LogP contribution in [0.15, 0.2) is 18.2 Å². The third-order valence-corrected chi connectivity index (χ3v) is 3.35. The quantitative estimate of drug-likeness (QED) is 0.890. The van der Waals surface area contributed by atoms with Gasteiger partial charge in [0.05, 0.1) is 0 Å². The number of rotatable bonds is 4. The largest absolute Gasteiger partial charge is 0.488 e. The number of aryl methyl sites for hydroxylation is 1. The molecule has 0 fully saturated rings. The third kappa shape index (κ3) is 3.89. The lowest BCUT2D eigenvalue weighted by atomic mass is 9.84. The second-order valence-electron chi connectivity index (χ2n) is 5.89. The molecule has 0 aromatic heterocycles. The van der Waals surface area contributed by atoms with E-state index in [4.69, 9.17) is 22.1 Å². The Morgan fingerprint density at radius 1 is 1.33 bits per heavy atom. The van der Waals surface area contributed by atoms with Crippen LogP contribution in [0.5, 0.6) is 5.75 Å². The predicted molar refractivity (Wildman–Crippen MR) is 78.3 cm³/mol. The zero-order chi connectivity index (χ0) is 13.9. The van der Waals surface area contributed by atoms with Crippen molar-refractivity contribution in [3.63, 3.8) is 0 Å². The molecule has 0 amide bonds. The number of hydrogen-bond donors (Lipinski definition) is 1. The number of halogens is 1. The van der Waals surface area contributed by atoms with Crippen LogP contribution >= 0.6 is 11.6 Å². The molecule has 2 nitrogen and oxygen atoms in total. The molecule has 0 radical (unpaired) electrons. The van der Waals surface area contributed by atoms with Gasteiger partial charge < -0.3 is 10.5 Å². The maximum atomic E-state index is 6.18. The Balaban J connectivity index is 3.00. The van der Waals surface area contributed by atoms with Gasteiger partial charge in [0.1, 0.15) is 11.9 Å². The van der Waals surface area contributed by atoms with E-state index in [0.29, 0.717) is 5.02 Å². The van der Waals surface area contributed by atoms with E-state index < -0.39 is 0 Å². The molecule has 1 aromatic rings. The molecular formula is C15H24ClNO. The molecule has 0 bridgehead atoms. The van der Waals surface area contributed by atoms with Crippen LogP contribution in [0.25, 0.3) is 0 Å². The lowest BCUT2D eigenvalue weighted by Gasteiger charge is -2.35. The van der Waals surface area contributed by atoms with Gasteiger partial charge in [-0.1, -0.05) is 45.4 Å². The Morgan fingerprint density at radius 3 is 2.44 bits per heavy atom. The molecule has 0 aliphatic carbocycles. The Bertz CT molecular complexity index is 398. The highest BCUT2D eigenvalue weighted by Gasteiger charge is 2.31. The lowest BCUT2D eigenvalue weighted by Crippen LogP contribution is -2.47. The SMILES string of the molecule is CCC(N)C(Oc1cc(Cl)ccc1C)C(C)(C)C. The van der Waals surface area contributed by atoms with Crippen LogP contribution in [0.3, 0.4) is 0 Å². The first kappa shape index (κ1) is 15.3. The Labute approximate surface area is 115 Å². The maximum absolute atomic E-state index is 6.18. The summed E-state index contributed by atoms with van der Waals surface area (Å²) in [5.41, 5.74) is 7.25. The van der Waals surface area contributed by atoms with Crippen LogP contribution in [0, 0.1) is 12.3 Å². The average Bonchev–Trinajstić information content (AvgIpc) is 2.27. The van der Waals surface area contributed by atoms with Crippen molar-refractivity contribution in [1.82, 2.24) is 0 Å². The fraction of sp³-hybridized carbons (Fsp3) is 0.600. The van der Waals surface area contributed by atoms with Crippen LogP contribution in [-0.2, 0) is 0 Å². The summed E-state index contributed by atoms with van der Waals surface area (Å²) < 4.78 is 6.13. The van der Waals surface area contributed by atoms with E-state index >= 15 is 0 Å². The molecule has 0 heterocycles. The summed E-state index contributed by atoms with van der Waals surface area (Å²) in [7, 11) is 0. The van der Waals surface area contributed by atoms with Crippen LogP contribution < -0.4 is 10.5 Å². The van der Waals surface area contributed by atoms with Crippen LogP contribution in [0.2, 0.25) is 5.02 Å². The molecule has 18 heavy (non-hydrogen) atoms. The predicted octanol–water partition coefficient (Wildman–Crippen LogP) is 4.18. The van der Waals surface area contributed by atoms with Crippen molar-refractivity contribution in [3.8, 4) is 5.75 Å². The summed E-state index contributed by atoms with van der Waals surface area (Å²) in [6.07, 6.45) is 0.862. The van der Waals surface area contributed by atoms with Crippen molar-refractivity contribution in [2.75, 3.05) is 0 Å². The van der Waals surface area contributed by atoms with E-state index in [1.54, 1.807) is 0 Å². The van der Waals surface area contributed by atoms with Crippen LogP contribution in [0.4, 0.5) is 0 Å². The molecule has 0 spiro atoms. The first-order valence-corrected chi connectivity index (χ1v) is 6.82. The highest BCUT2D eigenvalue weighted by Crippen LogP contribution is 2.30. The smallest absolute Gasteiger partial charge is 0.124 e. The van der Waals surface area contributed by atoms with E-state index in [1.165, 1.54) is 0 Å². The molecule has 0 saturated carbocycles. The number of ether oxygens (including phenoxy) is 1. The van der Waals surface area contributed by atoms with Gasteiger partial charge in [0, 0.05) is 16.5 Å². The molecule has 2 atom stereocenters. The molecule has 102 valence electrons. The van der Waals surface area contributed by atoms with Crippen molar-refractivity contribution in [3.05, 3.63) is 28.8 Å². The van der Waals surface area contributed by atoms with Crippen molar-refractivity contribution in [2.24, 2.45) is 11.1 Å². The summed E-state index contributed by atoms with van der Waals surface area (Å²) in [4.78, 5) is 0. The Kier molecular flexibility index (Phi) is 5.06. The van der Waals surface area contributed by atoms with Crippen molar-refractivity contribution < 1.29 is 4.74 Å². The zero-order valence-corrected chi connectivity index (χ0v) is 12.7. The van der Waals surface area contributed by atoms with Gasteiger partial charge >= 0.3 is 0 Å². The minimum absolute atomic E-state index is 0.00974. The number of hydrogen-bond acceptors (Lipinski definition) is 2. The summed E-state index contributed by atoms with van der Waals surface area (Å²) in [5, 5.41) is 0.688. The zero-order valence-electron chi connectivity index (χ0n) is 12.0. The Hall–Kier alpha value is -0.730. The van der Waals surface area contributed by atoms with Gasteiger partial charge in [-0.15, -0.1) is 0 Å². The first-order valence-electron chi connectivity index (χ1n) is 6.44. The van der Waals surface area contributed by atoms with Crippen molar-refractivity contribution in [2.45, 2.75) is 53.2 Å². The lowest BCUT2D eigenvalue weighted by molar-refractivity contribution is 0.0616. The van der Waals surface area contributed by atoms with Crippen LogP contribution in [0.1, 0.15) is 39.7 Å². The summed E-state index contributed by atoms with van der Waals surface area (Å²) in [5.74, 6) is 0.825. The molecule has 1 rings (SSSR count). The van der Waals surface area contributed by atoms with Crippen LogP contribution in [-0.4, -0.2) is 12.1 Å². The first-order chi connectivity index (χ1) is 8.25. The molecule has 0 aliphatic rings. The van der Waals surface area contributed by atoms with E-state index in [9.17, 15) is 0 Å². The molecule has 2 unspecified atom stereocenters. The Morgan fingerprint density at radius 2 is 1.94 bits per heavy atom. The van der Waals surface area contributed by atoms with E-state index in [-0.39, 0.29) is 17.6 Å². The second kappa shape index (κ2) is 5.94. The van der Waals surface area contributed by atoms with Crippen molar-refractivity contribution >= 4 is 11.6 Å². The van der Waals surface area contributed by atoms with Gasteiger partial charge in [-0.3, -0.25) is 0 Å². The summed E-state index contributed by atoms with van der Waals surface area (Å²) in [6.45, 7) is 10.5. The monoisotopic (exact) mass is 269 g/mol. The third-order valence-electron chi connectivity index (χ3n) is 3.12. The van der Waals surface area contributed by atoms with Gasteiger partial charge in [0.2, 0.25) is 0 Å². The highest BCUT2D eigenvalue weighted by atomic mass is 35.5. The van der Waals surface area contributed by atoms with E-state index in [0.717, 1.165) is 17.7 Å². The number of benzene rings is 1. The fourth-order valence-electron chi connectivity index (χ4n) is 1.96. The minimum atomic E-state index is -0.0281. The summed E-state index contributed by atoms with van der Waals surface area (Å²) >= 11 is 6.02. The minimum Gasteiger partial charge on any atom is -0.488 e. The van der Waals surface area contributed by atoms with Gasteiger partial charge in [-0.05, 0) is 31.0 Å². The van der Waals surface area contributed by atoms with E-state index in [1.807, 2.05) is 25.1 Å². The molecule has 2 N–H and O–H groups in total. The second-order valence-corrected chi connectivity index (χ2v) is 6.32. The number of nitrogens with two attached hydrogens (primary N) is 1. The fourth-order valence-corrected chi connectivity index (χ4v) is 2.12. The topological polar surface area (TPSA) is 35.2 Å². The van der Waals surface area contributed by atoms with Crippen molar-refractivity contribution in [1.29, 1.82) is 0 Å². The van der Waals surface area contributed by atoms with E-state index in [2.05, 4.69) is 27.7 Å². The average molecular weight is 270 g/mol. The molecular weight excluding hydrogens is 246 g/mol. The molecule has 3 heteroatoms. The maximum Gasteiger partial charge on any atom is 0.124 e. The normalized spacial score (nSPS) is 15.3. The van der Waals surface area contributed by atoms with Gasteiger partial charge in [0.15, 0.2) is 0 Å². The summed E-state index contributed by atoms with van der Waals surface area (Å²) in [6, 6.07) is 5.71. The standard InChI is InChI=1S/C15H24ClNO/c1-6-12(17)14(15(3,4)5)18-13-9-11(16)8-7-10(13)2/h7-9,12,14H,6,17H2,1-5H3. The molecule has 0 saturated heterocycles. The van der Waals surface area contributed by atoms with Gasteiger partial charge in [0.25, 0.3) is 0 Å². The van der Waals surface area contributed by atoms with Gasteiger partial charge in [-0.25, -0.2) is 0 Å².